The number of carbonyl (C=O) groups excluding carboxylic acids is 2. The van der Waals surface area contributed by atoms with Crippen LogP contribution < -0.4 is 20.5 Å². The molecule has 1 atom stereocenters. The number of rotatable bonds is 6. The molecular formula is C19H21N3O6S. The minimum Gasteiger partial charge on any atom is -0.495 e. The molecule has 0 aliphatic carbocycles. The summed E-state index contributed by atoms with van der Waals surface area (Å²) in [7, 11) is -2.55. The topological polar surface area (TPSA) is 137 Å². The van der Waals surface area contributed by atoms with Crippen molar-refractivity contribution in [1.82, 2.24) is 0 Å². The summed E-state index contributed by atoms with van der Waals surface area (Å²) in [4.78, 5) is 24.7. The van der Waals surface area contributed by atoms with Gasteiger partial charge in [0.1, 0.15) is 11.9 Å². The Morgan fingerprint density at radius 1 is 1.17 bits per heavy atom. The number of sulfonamides is 1. The zero-order valence-corrected chi connectivity index (χ0v) is 16.5. The van der Waals surface area contributed by atoms with Crippen LogP contribution in [0.3, 0.4) is 0 Å². The molecule has 2 amide bonds. The van der Waals surface area contributed by atoms with E-state index in [1.807, 2.05) is 0 Å². The number of nitrogens with one attached hydrogen (secondary N) is 2. The van der Waals surface area contributed by atoms with Gasteiger partial charge < -0.3 is 20.1 Å². The van der Waals surface area contributed by atoms with Crippen LogP contribution in [-0.2, 0) is 19.6 Å². The number of benzene rings is 2. The molecule has 2 aromatic carbocycles. The van der Waals surface area contributed by atoms with E-state index in [0.29, 0.717) is 18.7 Å². The van der Waals surface area contributed by atoms with Crippen LogP contribution in [0.15, 0.2) is 47.4 Å². The maximum Gasteiger partial charge on any atom is 0.255 e. The Labute approximate surface area is 168 Å². The monoisotopic (exact) mass is 419 g/mol. The molecule has 1 heterocycles. The molecule has 10 heteroatoms. The summed E-state index contributed by atoms with van der Waals surface area (Å²) in [5, 5.41) is 10.5. The van der Waals surface area contributed by atoms with Gasteiger partial charge in [0.05, 0.1) is 17.7 Å². The minimum absolute atomic E-state index is 0.151. The molecule has 0 bridgehead atoms. The van der Waals surface area contributed by atoms with Crippen molar-refractivity contribution in [2.45, 2.75) is 23.8 Å². The quantitative estimate of drug-likeness (QED) is 0.652. The van der Waals surface area contributed by atoms with Crippen molar-refractivity contribution in [3.8, 4) is 5.75 Å². The second kappa shape index (κ2) is 8.60. The standard InChI is InChI=1S/C19H21N3O6S/c1-27-16-8-7-14(29(20,25)26)11-15(16)22-18(23)12-4-2-5-13(10-12)21-19(24)17-6-3-9-28-17/h2,4-5,7-8,10-11,17H,3,6,9H2,1H3,(H,21,24)(H,22,23)(H2,20,25,26)/t17-/m0/s1. The Morgan fingerprint density at radius 2 is 1.97 bits per heavy atom. The molecule has 2 aromatic rings. The normalized spacial score (nSPS) is 16.3. The Balaban J connectivity index is 1.78. The van der Waals surface area contributed by atoms with Crippen molar-refractivity contribution in [2.75, 3.05) is 24.4 Å². The van der Waals surface area contributed by atoms with Gasteiger partial charge in [0.25, 0.3) is 11.8 Å². The Kier molecular flexibility index (Phi) is 6.16. The lowest BCUT2D eigenvalue weighted by Gasteiger charge is -2.13. The molecule has 0 saturated carbocycles. The zero-order chi connectivity index (χ0) is 21.0. The van der Waals surface area contributed by atoms with Gasteiger partial charge in [-0.2, -0.15) is 0 Å². The van der Waals surface area contributed by atoms with Gasteiger partial charge in [-0.1, -0.05) is 6.07 Å². The van der Waals surface area contributed by atoms with Crippen LogP contribution in [0, 0.1) is 0 Å². The maximum absolute atomic E-state index is 12.7. The van der Waals surface area contributed by atoms with E-state index in [0.717, 1.165) is 6.42 Å². The fraction of sp³-hybridized carbons (Fsp3) is 0.263. The first-order valence-corrected chi connectivity index (χ1v) is 10.4. The van der Waals surface area contributed by atoms with Crippen LogP contribution in [0.4, 0.5) is 11.4 Å². The van der Waals surface area contributed by atoms with Gasteiger partial charge in [-0.05, 0) is 49.2 Å². The molecule has 154 valence electrons. The first-order chi connectivity index (χ1) is 13.8. The van der Waals surface area contributed by atoms with Gasteiger partial charge in [-0.25, -0.2) is 13.6 Å². The molecule has 0 unspecified atom stereocenters. The first kappa shape index (κ1) is 20.8. The number of primary sulfonamides is 1. The highest BCUT2D eigenvalue weighted by Crippen LogP contribution is 2.28. The summed E-state index contributed by atoms with van der Waals surface area (Å²) < 4.78 is 33.6. The SMILES string of the molecule is COc1ccc(S(N)(=O)=O)cc1NC(=O)c1cccc(NC(=O)[C@@H]2CCCO2)c1. The van der Waals surface area contributed by atoms with Crippen LogP contribution in [-0.4, -0.2) is 40.1 Å². The minimum atomic E-state index is -3.95. The van der Waals surface area contributed by atoms with E-state index in [-0.39, 0.29) is 27.8 Å². The number of ether oxygens (including phenoxy) is 2. The Bertz CT molecular complexity index is 1030. The smallest absolute Gasteiger partial charge is 0.255 e. The second-order valence-electron chi connectivity index (χ2n) is 6.43. The van der Waals surface area contributed by atoms with E-state index >= 15 is 0 Å². The van der Waals surface area contributed by atoms with Crippen LogP contribution in [0.1, 0.15) is 23.2 Å². The van der Waals surface area contributed by atoms with Gasteiger partial charge >= 0.3 is 0 Å². The largest absolute Gasteiger partial charge is 0.495 e. The lowest BCUT2D eigenvalue weighted by Crippen LogP contribution is -2.27. The van der Waals surface area contributed by atoms with Crippen LogP contribution in [0.5, 0.6) is 5.75 Å². The van der Waals surface area contributed by atoms with Crippen LogP contribution in [0.25, 0.3) is 0 Å². The third kappa shape index (κ3) is 5.11. The number of methoxy groups -OCH3 is 1. The maximum atomic E-state index is 12.7. The average molecular weight is 419 g/mol. The van der Waals surface area contributed by atoms with E-state index in [2.05, 4.69) is 10.6 Å². The summed E-state index contributed by atoms with van der Waals surface area (Å²) in [6, 6.07) is 10.3. The number of hydrogen-bond acceptors (Lipinski definition) is 6. The predicted molar refractivity (Wildman–Crippen MR) is 106 cm³/mol. The molecule has 3 rings (SSSR count). The van der Waals surface area contributed by atoms with Gasteiger partial charge in [0.2, 0.25) is 10.0 Å². The summed E-state index contributed by atoms with van der Waals surface area (Å²) in [6.45, 7) is 0.556. The lowest BCUT2D eigenvalue weighted by molar-refractivity contribution is -0.124. The van der Waals surface area contributed by atoms with Crippen molar-refractivity contribution in [3.63, 3.8) is 0 Å². The van der Waals surface area contributed by atoms with Crippen molar-refractivity contribution >= 4 is 33.2 Å². The molecule has 1 saturated heterocycles. The lowest BCUT2D eigenvalue weighted by atomic mass is 10.1. The van der Waals surface area contributed by atoms with E-state index in [9.17, 15) is 18.0 Å². The van der Waals surface area contributed by atoms with Gasteiger partial charge in [0, 0.05) is 17.9 Å². The number of amides is 2. The molecule has 0 spiro atoms. The van der Waals surface area contributed by atoms with Gasteiger partial charge in [-0.3, -0.25) is 9.59 Å². The molecule has 1 aliphatic rings. The molecule has 9 nitrogen and oxygen atoms in total. The molecule has 1 aliphatic heterocycles. The predicted octanol–water partition coefficient (Wildman–Crippen LogP) is 1.71. The van der Waals surface area contributed by atoms with Gasteiger partial charge in [0.15, 0.2) is 0 Å². The van der Waals surface area contributed by atoms with Crippen molar-refractivity contribution in [3.05, 3.63) is 48.0 Å². The molecule has 1 fully saturated rings. The second-order valence-corrected chi connectivity index (χ2v) is 7.99. The average Bonchev–Trinajstić information content (AvgIpc) is 3.22. The van der Waals surface area contributed by atoms with E-state index in [1.165, 1.54) is 31.4 Å². The molecule has 29 heavy (non-hydrogen) atoms. The summed E-state index contributed by atoms with van der Waals surface area (Å²) >= 11 is 0. The number of nitrogens with two attached hydrogens (primary N) is 1. The van der Waals surface area contributed by atoms with E-state index in [1.54, 1.807) is 18.2 Å². The summed E-state index contributed by atoms with van der Waals surface area (Å²) in [6.07, 6.45) is 1.00. The fourth-order valence-corrected chi connectivity index (χ4v) is 3.44. The summed E-state index contributed by atoms with van der Waals surface area (Å²) in [5.41, 5.74) is 0.861. The van der Waals surface area contributed by atoms with Gasteiger partial charge in [-0.15, -0.1) is 0 Å². The van der Waals surface area contributed by atoms with E-state index in [4.69, 9.17) is 14.6 Å². The Morgan fingerprint density at radius 3 is 2.62 bits per heavy atom. The first-order valence-electron chi connectivity index (χ1n) is 8.82. The van der Waals surface area contributed by atoms with Crippen molar-refractivity contribution in [2.24, 2.45) is 5.14 Å². The highest BCUT2D eigenvalue weighted by Gasteiger charge is 2.23. The van der Waals surface area contributed by atoms with Crippen molar-refractivity contribution < 1.29 is 27.5 Å². The summed E-state index contributed by atoms with van der Waals surface area (Å²) in [5.74, 6) is -0.501. The third-order valence-corrected chi connectivity index (χ3v) is 5.27. The van der Waals surface area contributed by atoms with Crippen molar-refractivity contribution in [1.29, 1.82) is 0 Å². The van der Waals surface area contributed by atoms with E-state index < -0.39 is 22.0 Å². The highest BCUT2D eigenvalue weighted by molar-refractivity contribution is 7.89. The molecule has 4 N–H and O–H groups in total. The molecular weight excluding hydrogens is 398 g/mol. The molecule has 0 aromatic heterocycles. The number of carbonyl (C=O) groups is 2. The number of hydrogen-bond donors (Lipinski definition) is 3. The van der Waals surface area contributed by atoms with Crippen LogP contribution in [0.2, 0.25) is 0 Å². The fourth-order valence-electron chi connectivity index (χ4n) is 2.90. The number of anilines is 2. The van der Waals surface area contributed by atoms with Crippen LogP contribution >= 0.6 is 0 Å². The third-order valence-electron chi connectivity index (χ3n) is 4.36. The zero-order valence-electron chi connectivity index (χ0n) is 15.7. The molecule has 0 radical (unpaired) electrons. The Hall–Kier alpha value is -2.95. The highest BCUT2D eigenvalue weighted by atomic mass is 32.2.